The van der Waals surface area contributed by atoms with Gasteiger partial charge in [-0.2, -0.15) is 0 Å². The van der Waals surface area contributed by atoms with Crippen molar-refractivity contribution in [3.8, 4) is 0 Å². The van der Waals surface area contributed by atoms with E-state index in [1.807, 2.05) is 60.4 Å². The summed E-state index contributed by atoms with van der Waals surface area (Å²) in [6.45, 7) is 3.94. The van der Waals surface area contributed by atoms with E-state index in [-0.39, 0.29) is 12.5 Å². The van der Waals surface area contributed by atoms with E-state index in [0.29, 0.717) is 19.6 Å². The van der Waals surface area contributed by atoms with Gasteiger partial charge in [0, 0.05) is 6.54 Å². The second kappa shape index (κ2) is 8.35. The number of benzene rings is 1. The SMILES string of the molecule is Cc1ccccc1CNC(=O)CN(Cc1ccco1)Cc1ccco1. The Hall–Kier alpha value is -2.79. The Morgan fingerprint density at radius 3 is 2.16 bits per heavy atom. The van der Waals surface area contributed by atoms with Gasteiger partial charge in [0.05, 0.1) is 32.2 Å². The van der Waals surface area contributed by atoms with E-state index in [1.165, 1.54) is 5.56 Å². The van der Waals surface area contributed by atoms with Gasteiger partial charge in [0.15, 0.2) is 0 Å². The second-order valence-electron chi connectivity index (χ2n) is 6.01. The van der Waals surface area contributed by atoms with Crippen LogP contribution in [0.3, 0.4) is 0 Å². The molecule has 0 saturated carbocycles. The lowest BCUT2D eigenvalue weighted by Gasteiger charge is -2.19. The lowest BCUT2D eigenvalue weighted by Crippen LogP contribution is -2.36. The van der Waals surface area contributed by atoms with E-state index in [1.54, 1.807) is 12.5 Å². The number of nitrogens with zero attached hydrogens (tertiary/aromatic N) is 1. The van der Waals surface area contributed by atoms with E-state index in [0.717, 1.165) is 17.1 Å². The smallest absolute Gasteiger partial charge is 0.234 e. The fourth-order valence-electron chi connectivity index (χ4n) is 2.67. The molecule has 0 aliphatic heterocycles. The number of rotatable bonds is 8. The molecule has 0 aliphatic carbocycles. The quantitative estimate of drug-likeness (QED) is 0.683. The number of amides is 1. The first-order valence-electron chi connectivity index (χ1n) is 8.29. The molecule has 5 heteroatoms. The molecule has 1 aromatic carbocycles. The van der Waals surface area contributed by atoms with Gasteiger partial charge in [-0.15, -0.1) is 0 Å². The van der Waals surface area contributed by atoms with Crippen LogP contribution >= 0.6 is 0 Å². The molecule has 5 nitrogen and oxygen atoms in total. The highest BCUT2D eigenvalue weighted by Gasteiger charge is 2.14. The van der Waals surface area contributed by atoms with Crippen LogP contribution in [0.25, 0.3) is 0 Å². The van der Waals surface area contributed by atoms with Crippen molar-refractivity contribution in [2.75, 3.05) is 6.54 Å². The first-order valence-corrected chi connectivity index (χ1v) is 8.29. The van der Waals surface area contributed by atoms with Gasteiger partial charge in [-0.05, 0) is 42.3 Å². The fourth-order valence-corrected chi connectivity index (χ4v) is 2.67. The van der Waals surface area contributed by atoms with E-state index in [2.05, 4.69) is 5.32 Å². The van der Waals surface area contributed by atoms with E-state index in [9.17, 15) is 4.79 Å². The van der Waals surface area contributed by atoms with Gasteiger partial charge in [-0.1, -0.05) is 24.3 Å². The van der Waals surface area contributed by atoms with Gasteiger partial charge >= 0.3 is 0 Å². The molecule has 0 unspecified atom stereocenters. The van der Waals surface area contributed by atoms with Crippen LogP contribution in [0.5, 0.6) is 0 Å². The summed E-state index contributed by atoms with van der Waals surface area (Å²) in [7, 11) is 0. The molecule has 25 heavy (non-hydrogen) atoms. The van der Waals surface area contributed by atoms with Crippen molar-refractivity contribution in [2.45, 2.75) is 26.6 Å². The highest BCUT2D eigenvalue weighted by molar-refractivity contribution is 5.78. The predicted molar refractivity (Wildman–Crippen MR) is 94.6 cm³/mol. The summed E-state index contributed by atoms with van der Waals surface area (Å²) in [6.07, 6.45) is 3.28. The summed E-state index contributed by atoms with van der Waals surface area (Å²) in [5.41, 5.74) is 2.30. The zero-order valence-corrected chi connectivity index (χ0v) is 14.3. The fraction of sp³-hybridized carbons (Fsp3) is 0.250. The van der Waals surface area contributed by atoms with Crippen LogP contribution in [0.2, 0.25) is 0 Å². The molecule has 0 aliphatic rings. The number of aryl methyl sites for hydroxylation is 1. The minimum absolute atomic E-state index is 0.0265. The molecule has 0 fully saturated rings. The van der Waals surface area contributed by atoms with Crippen molar-refractivity contribution in [3.05, 3.63) is 83.7 Å². The minimum atomic E-state index is -0.0265. The van der Waals surface area contributed by atoms with Crippen LogP contribution < -0.4 is 5.32 Å². The summed E-state index contributed by atoms with van der Waals surface area (Å²) in [5, 5.41) is 2.99. The molecular formula is C20H22N2O3. The minimum Gasteiger partial charge on any atom is -0.468 e. The van der Waals surface area contributed by atoms with Gasteiger partial charge in [-0.3, -0.25) is 9.69 Å². The highest BCUT2D eigenvalue weighted by Crippen LogP contribution is 2.11. The monoisotopic (exact) mass is 338 g/mol. The maximum Gasteiger partial charge on any atom is 0.234 e. The third-order valence-electron chi connectivity index (χ3n) is 4.02. The summed E-state index contributed by atoms with van der Waals surface area (Å²) >= 11 is 0. The van der Waals surface area contributed by atoms with Gasteiger partial charge in [0.25, 0.3) is 0 Å². The summed E-state index contributed by atoms with van der Waals surface area (Å²) in [4.78, 5) is 14.4. The van der Waals surface area contributed by atoms with Gasteiger partial charge < -0.3 is 14.2 Å². The third kappa shape index (κ3) is 5.09. The molecule has 3 rings (SSSR count). The van der Waals surface area contributed by atoms with Crippen LogP contribution in [0.4, 0.5) is 0 Å². The van der Waals surface area contributed by atoms with Crippen molar-refractivity contribution in [1.82, 2.24) is 10.2 Å². The summed E-state index contributed by atoms with van der Waals surface area (Å²) in [6, 6.07) is 15.5. The third-order valence-corrected chi connectivity index (χ3v) is 4.02. The molecule has 1 amide bonds. The first kappa shape index (κ1) is 17.0. The number of furan rings is 2. The molecule has 3 aromatic rings. The molecule has 0 bridgehead atoms. The van der Waals surface area contributed by atoms with Gasteiger partial charge in [0.2, 0.25) is 5.91 Å². The second-order valence-corrected chi connectivity index (χ2v) is 6.01. The van der Waals surface area contributed by atoms with E-state index >= 15 is 0 Å². The van der Waals surface area contributed by atoms with Crippen LogP contribution in [-0.4, -0.2) is 17.4 Å². The average Bonchev–Trinajstić information content (AvgIpc) is 3.28. The topological polar surface area (TPSA) is 58.6 Å². The maximum absolute atomic E-state index is 12.4. The molecule has 2 heterocycles. The van der Waals surface area contributed by atoms with Crippen LogP contribution in [-0.2, 0) is 24.4 Å². The van der Waals surface area contributed by atoms with Crippen molar-refractivity contribution >= 4 is 5.91 Å². The van der Waals surface area contributed by atoms with Crippen molar-refractivity contribution < 1.29 is 13.6 Å². The number of nitrogens with one attached hydrogen (secondary N) is 1. The lowest BCUT2D eigenvalue weighted by atomic mass is 10.1. The van der Waals surface area contributed by atoms with Gasteiger partial charge in [0.1, 0.15) is 11.5 Å². The standard InChI is InChI=1S/C20H22N2O3/c1-16-6-2-3-7-17(16)12-21-20(23)15-22(13-18-8-4-10-24-18)14-19-9-5-11-25-19/h2-11H,12-15H2,1H3,(H,21,23). The van der Waals surface area contributed by atoms with Crippen molar-refractivity contribution in [3.63, 3.8) is 0 Å². The van der Waals surface area contributed by atoms with Crippen molar-refractivity contribution in [1.29, 1.82) is 0 Å². The number of hydrogen-bond donors (Lipinski definition) is 1. The van der Waals surface area contributed by atoms with Crippen molar-refractivity contribution in [2.24, 2.45) is 0 Å². The number of carbonyl (C=O) groups excluding carboxylic acids is 1. The Kier molecular flexibility index (Phi) is 5.69. The van der Waals surface area contributed by atoms with Crippen LogP contribution in [0, 0.1) is 6.92 Å². The van der Waals surface area contributed by atoms with Crippen LogP contribution in [0.15, 0.2) is 69.9 Å². The molecule has 0 atom stereocenters. The Morgan fingerprint density at radius 1 is 0.960 bits per heavy atom. The Bertz CT molecular complexity index is 743. The largest absolute Gasteiger partial charge is 0.468 e. The molecular weight excluding hydrogens is 316 g/mol. The molecule has 1 N–H and O–H groups in total. The molecule has 2 aromatic heterocycles. The lowest BCUT2D eigenvalue weighted by molar-refractivity contribution is -0.122. The Morgan fingerprint density at radius 2 is 1.60 bits per heavy atom. The zero-order chi connectivity index (χ0) is 17.5. The normalized spacial score (nSPS) is 11.0. The molecule has 130 valence electrons. The summed E-state index contributed by atoms with van der Waals surface area (Å²) < 4.78 is 10.8. The predicted octanol–water partition coefficient (Wildman–Crippen LogP) is 3.50. The molecule has 0 radical (unpaired) electrons. The van der Waals surface area contributed by atoms with E-state index < -0.39 is 0 Å². The zero-order valence-electron chi connectivity index (χ0n) is 14.3. The maximum atomic E-state index is 12.4. The molecule has 0 spiro atoms. The Labute approximate surface area is 147 Å². The number of hydrogen-bond acceptors (Lipinski definition) is 4. The average molecular weight is 338 g/mol. The first-order chi connectivity index (χ1) is 12.2. The highest BCUT2D eigenvalue weighted by atomic mass is 16.3. The molecule has 0 saturated heterocycles. The Balaban J connectivity index is 1.58. The van der Waals surface area contributed by atoms with Crippen LogP contribution in [0.1, 0.15) is 22.6 Å². The van der Waals surface area contributed by atoms with Gasteiger partial charge in [-0.25, -0.2) is 0 Å². The number of carbonyl (C=O) groups is 1. The van der Waals surface area contributed by atoms with E-state index in [4.69, 9.17) is 8.83 Å². The summed E-state index contributed by atoms with van der Waals surface area (Å²) in [5.74, 6) is 1.61.